The first-order valence-electron chi connectivity index (χ1n) is 5.47. The van der Waals surface area contributed by atoms with Gasteiger partial charge in [0.05, 0.1) is 12.1 Å². The van der Waals surface area contributed by atoms with Crippen molar-refractivity contribution < 1.29 is 14.0 Å². The molecule has 0 unspecified atom stereocenters. The molecule has 18 heavy (non-hydrogen) atoms. The topological polar surface area (TPSA) is 89.4 Å². The van der Waals surface area contributed by atoms with Gasteiger partial charge in [-0.2, -0.15) is 0 Å². The molecule has 0 atom stereocenters. The summed E-state index contributed by atoms with van der Waals surface area (Å²) in [6, 6.07) is 3.45. The number of carbonyl (C=O) groups is 2. The monoisotopic (exact) mass is 253 g/mol. The Hall–Kier alpha value is -2.11. The second-order valence-electron chi connectivity index (χ2n) is 4.23. The number of nitrogens with two attached hydrogens (primary N) is 2. The van der Waals surface area contributed by atoms with Gasteiger partial charge in [-0.3, -0.25) is 9.59 Å². The van der Waals surface area contributed by atoms with Gasteiger partial charge in [-0.15, -0.1) is 0 Å². The summed E-state index contributed by atoms with van der Waals surface area (Å²) in [5.74, 6) is -1.93. The number of hydrogen-bond acceptors (Lipinski definition) is 3. The molecule has 98 valence electrons. The van der Waals surface area contributed by atoms with Gasteiger partial charge in [-0.1, -0.05) is 0 Å². The lowest BCUT2D eigenvalue weighted by Crippen LogP contribution is -2.43. The quantitative estimate of drug-likeness (QED) is 0.776. The fourth-order valence-electron chi connectivity index (χ4n) is 1.52. The Balaban J connectivity index is 3.09. The lowest BCUT2D eigenvalue weighted by molar-refractivity contribution is -0.119. The maximum Gasteiger partial charge on any atom is 0.257 e. The first-order chi connectivity index (χ1) is 8.32. The molecule has 0 aliphatic carbocycles. The highest BCUT2D eigenvalue weighted by atomic mass is 19.1. The van der Waals surface area contributed by atoms with E-state index in [2.05, 4.69) is 0 Å². The molecule has 0 aromatic heterocycles. The molecule has 0 aliphatic heterocycles. The standard InChI is InChI=1S/C12H16FN3O2/c1-7(2)16(6-11(15)17)12(18)9-5-8(14)3-4-10(9)13/h3-5,7H,6,14H2,1-2H3,(H2,15,17). The first-order valence-corrected chi connectivity index (χ1v) is 5.47. The Morgan fingerprint density at radius 2 is 2.00 bits per heavy atom. The predicted molar refractivity (Wildman–Crippen MR) is 66.2 cm³/mol. The van der Waals surface area contributed by atoms with E-state index in [1.54, 1.807) is 13.8 Å². The minimum atomic E-state index is -0.677. The summed E-state index contributed by atoms with van der Waals surface area (Å²) in [4.78, 5) is 24.2. The number of halogens is 1. The van der Waals surface area contributed by atoms with Crippen LogP contribution in [0.25, 0.3) is 0 Å². The maximum atomic E-state index is 13.6. The summed E-state index contributed by atoms with van der Waals surface area (Å²) in [5, 5.41) is 0. The fraction of sp³-hybridized carbons (Fsp3) is 0.333. The Bertz CT molecular complexity index is 474. The molecular weight excluding hydrogens is 237 g/mol. The summed E-state index contributed by atoms with van der Waals surface area (Å²) < 4.78 is 13.6. The number of primary amides is 1. The van der Waals surface area contributed by atoms with Crippen LogP contribution in [-0.2, 0) is 4.79 Å². The average Bonchev–Trinajstić information content (AvgIpc) is 2.27. The molecule has 0 aliphatic rings. The summed E-state index contributed by atoms with van der Waals surface area (Å²) in [6.45, 7) is 3.17. The number of hydrogen-bond donors (Lipinski definition) is 2. The van der Waals surface area contributed by atoms with E-state index >= 15 is 0 Å². The highest BCUT2D eigenvalue weighted by Crippen LogP contribution is 2.15. The van der Waals surface area contributed by atoms with Crippen LogP contribution in [0.1, 0.15) is 24.2 Å². The van der Waals surface area contributed by atoms with Crippen LogP contribution in [0, 0.1) is 5.82 Å². The van der Waals surface area contributed by atoms with Crippen molar-refractivity contribution in [3.63, 3.8) is 0 Å². The summed E-state index contributed by atoms with van der Waals surface area (Å²) in [6.07, 6.45) is 0. The molecule has 6 heteroatoms. The van der Waals surface area contributed by atoms with E-state index < -0.39 is 17.6 Å². The van der Waals surface area contributed by atoms with Gasteiger partial charge in [0.15, 0.2) is 0 Å². The zero-order valence-electron chi connectivity index (χ0n) is 10.3. The molecule has 1 aromatic carbocycles. The zero-order chi connectivity index (χ0) is 13.9. The Labute approximate surface area is 105 Å². The van der Waals surface area contributed by atoms with Crippen LogP contribution in [0.15, 0.2) is 18.2 Å². The van der Waals surface area contributed by atoms with Gasteiger partial charge in [0.25, 0.3) is 5.91 Å². The zero-order valence-corrected chi connectivity index (χ0v) is 10.3. The van der Waals surface area contributed by atoms with Crippen LogP contribution < -0.4 is 11.5 Å². The van der Waals surface area contributed by atoms with Crippen molar-refractivity contribution in [2.24, 2.45) is 5.73 Å². The van der Waals surface area contributed by atoms with Crippen LogP contribution >= 0.6 is 0 Å². The molecule has 1 rings (SSSR count). The summed E-state index contributed by atoms with van der Waals surface area (Å²) in [5.41, 5.74) is 10.7. The SMILES string of the molecule is CC(C)N(CC(N)=O)C(=O)c1cc(N)ccc1F. The molecule has 0 saturated carbocycles. The van der Waals surface area contributed by atoms with Gasteiger partial charge in [-0.05, 0) is 32.0 Å². The van der Waals surface area contributed by atoms with Gasteiger partial charge in [0.1, 0.15) is 5.82 Å². The molecular formula is C12H16FN3O2. The number of nitrogens with zero attached hydrogens (tertiary/aromatic N) is 1. The van der Waals surface area contributed by atoms with Crippen molar-refractivity contribution in [2.45, 2.75) is 19.9 Å². The third-order valence-corrected chi connectivity index (χ3v) is 2.43. The first kappa shape index (κ1) is 14.0. The molecule has 0 saturated heterocycles. The Morgan fingerprint density at radius 3 is 2.50 bits per heavy atom. The van der Waals surface area contributed by atoms with Crippen molar-refractivity contribution in [1.29, 1.82) is 0 Å². The second-order valence-corrected chi connectivity index (χ2v) is 4.23. The molecule has 0 radical (unpaired) electrons. The molecule has 0 bridgehead atoms. The van der Waals surface area contributed by atoms with Gasteiger partial charge in [0, 0.05) is 11.7 Å². The van der Waals surface area contributed by atoms with Crippen LogP contribution in [0.3, 0.4) is 0 Å². The largest absolute Gasteiger partial charge is 0.399 e. The Morgan fingerprint density at radius 1 is 1.39 bits per heavy atom. The number of carbonyl (C=O) groups excluding carboxylic acids is 2. The van der Waals surface area contributed by atoms with E-state index in [0.29, 0.717) is 0 Å². The second kappa shape index (κ2) is 5.48. The number of anilines is 1. The van der Waals surface area contributed by atoms with Crippen molar-refractivity contribution in [3.8, 4) is 0 Å². The lowest BCUT2D eigenvalue weighted by atomic mass is 10.1. The van der Waals surface area contributed by atoms with E-state index in [4.69, 9.17) is 11.5 Å². The fourth-order valence-corrected chi connectivity index (χ4v) is 1.52. The average molecular weight is 253 g/mol. The van der Waals surface area contributed by atoms with E-state index in [9.17, 15) is 14.0 Å². The van der Waals surface area contributed by atoms with Crippen molar-refractivity contribution in [3.05, 3.63) is 29.6 Å². The molecule has 2 amide bonds. The minimum absolute atomic E-state index is 0.162. The third kappa shape index (κ3) is 3.19. The molecule has 4 N–H and O–H groups in total. The van der Waals surface area contributed by atoms with Crippen molar-refractivity contribution >= 4 is 17.5 Å². The smallest absolute Gasteiger partial charge is 0.257 e. The molecule has 5 nitrogen and oxygen atoms in total. The van der Waals surface area contributed by atoms with Crippen LogP contribution in [-0.4, -0.2) is 29.3 Å². The van der Waals surface area contributed by atoms with Gasteiger partial charge in [-0.25, -0.2) is 4.39 Å². The van der Waals surface area contributed by atoms with E-state index in [-0.39, 0.29) is 23.8 Å². The third-order valence-electron chi connectivity index (χ3n) is 2.43. The number of amides is 2. The van der Waals surface area contributed by atoms with Crippen LogP contribution in [0.4, 0.5) is 10.1 Å². The highest BCUT2D eigenvalue weighted by Gasteiger charge is 2.23. The molecule has 1 aromatic rings. The highest BCUT2D eigenvalue weighted by molar-refractivity contribution is 5.97. The van der Waals surface area contributed by atoms with E-state index in [1.165, 1.54) is 17.0 Å². The predicted octanol–water partition coefficient (Wildman–Crippen LogP) is 0.744. The lowest BCUT2D eigenvalue weighted by Gasteiger charge is -2.25. The van der Waals surface area contributed by atoms with E-state index in [0.717, 1.165) is 6.07 Å². The molecule has 0 spiro atoms. The Kier molecular flexibility index (Phi) is 4.25. The summed E-state index contributed by atoms with van der Waals surface area (Å²) in [7, 11) is 0. The van der Waals surface area contributed by atoms with Gasteiger partial charge in [0.2, 0.25) is 5.91 Å². The van der Waals surface area contributed by atoms with E-state index in [1.807, 2.05) is 0 Å². The number of benzene rings is 1. The van der Waals surface area contributed by atoms with Gasteiger partial charge >= 0.3 is 0 Å². The molecule has 0 fully saturated rings. The van der Waals surface area contributed by atoms with Crippen LogP contribution in [0.2, 0.25) is 0 Å². The number of rotatable bonds is 4. The number of nitrogen functional groups attached to an aromatic ring is 1. The maximum absolute atomic E-state index is 13.6. The van der Waals surface area contributed by atoms with Crippen LogP contribution in [0.5, 0.6) is 0 Å². The van der Waals surface area contributed by atoms with Crippen molar-refractivity contribution in [2.75, 3.05) is 12.3 Å². The molecule has 0 heterocycles. The minimum Gasteiger partial charge on any atom is -0.399 e. The normalized spacial score (nSPS) is 10.4. The van der Waals surface area contributed by atoms with Crippen molar-refractivity contribution in [1.82, 2.24) is 4.90 Å². The van der Waals surface area contributed by atoms with Gasteiger partial charge < -0.3 is 16.4 Å². The summed E-state index contributed by atoms with van der Waals surface area (Å²) >= 11 is 0.